The highest BCUT2D eigenvalue weighted by atomic mass is 16.6. The van der Waals surface area contributed by atoms with Gasteiger partial charge in [-0.05, 0) is 12.1 Å². The molecule has 0 atom stereocenters. The molecule has 102 valence electrons. The maximum Gasteiger partial charge on any atom is 0.289 e. The number of nitro groups is 1. The standard InChI is InChI=1S/C12H11N5O3/c1-16-11(6-7-14-16)12(18)15-13-8-9-4-2-3-5-10(9)17(19)20/h2-8H,1H3,(H,15,18). The Labute approximate surface area is 113 Å². The maximum atomic E-state index is 11.7. The van der Waals surface area contributed by atoms with Gasteiger partial charge in [-0.1, -0.05) is 12.1 Å². The van der Waals surface area contributed by atoms with Crippen LogP contribution in [0.15, 0.2) is 41.6 Å². The third kappa shape index (κ3) is 2.86. The van der Waals surface area contributed by atoms with Crippen molar-refractivity contribution < 1.29 is 9.72 Å². The fourth-order valence-corrected chi connectivity index (χ4v) is 1.58. The van der Waals surface area contributed by atoms with E-state index in [4.69, 9.17) is 0 Å². The van der Waals surface area contributed by atoms with E-state index in [1.54, 1.807) is 19.2 Å². The van der Waals surface area contributed by atoms with E-state index in [-0.39, 0.29) is 5.69 Å². The first kappa shape index (κ1) is 13.4. The van der Waals surface area contributed by atoms with Crippen LogP contribution in [0.25, 0.3) is 0 Å². The minimum Gasteiger partial charge on any atom is -0.266 e. The van der Waals surface area contributed by atoms with Crippen LogP contribution >= 0.6 is 0 Å². The molecule has 0 bridgehead atoms. The number of amides is 1. The normalized spacial score (nSPS) is 10.7. The first-order valence-electron chi connectivity index (χ1n) is 5.64. The second-order valence-corrected chi connectivity index (χ2v) is 3.86. The zero-order valence-corrected chi connectivity index (χ0v) is 10.6. The number of nitrogens with zero attached hydrogens (tertiary/aromatic N) is 4. The van der Waals surface area contributed by atoms with E-state index in [0.717, 1.165) is 0 Å². The lowest BCUT2D eigenvalue weighted by atomic mass is 10.2. The molecule has 20 heavy (non-hydrogen) atoms. The fourth-order valence-electron chi connectivity index (χ4n) is 1.58. The van der Waals surface area contributed by atoms with Crippen molar-refractivity contribution in [3.05, 3.63) is 57.9 Å². The van der Waals surface area contributed by atoms with Gasteiger partial charge in [0, 0.05) is 19.3 Å². The molecule has 2 rings (SSSR count). The average molecular weight is 273 g/mol. The molecule has 0 unspecified atom stereocenters. The largest absolute Gasteiger partial charge is 0.289 e. The quantitative estimate of drug-likeness (QED) is 0.511. The van der Waals surface area contributed by atoms with Gasteiger partial charge in [-0.3, -0.25) is 19.6 Å². The molecule has 0 radical (unpaired) electrons. The van der Waals surface area contributed by atoms with Gasteiger partial charge in [-0.25, -0.2) is 5.43 Å². The van der Waals surface area contributed by atoms with Crippen LogP contribution in [-0.4, -0.2) is 26.8 Å². The summed E-state index contributed by atoms with van der Waals surface area (Å²) in [6.07, 6.45) is 2.72. The molecule has 0 saturated carbocycles. The molecule has 1 heterocycles. The molecule has 1 amide bonds. The lowest BCUT2D eigenvalue weighted by Crippen LogP contribution is -2.20. The van der Waals surface area contributed by atoms with E-state index in [0.29, 0.717) is 11.3 Å². The van der Waals surface area contributed by atoms with Gasteiger partial charge < -0.3 is 0 Å². The van der Waals surface area contributed by atoms with Crippen molar-refractivity contribution in [3.63, 3.8) is 0 Å². The number of nitrogens with one attached hydrogen (secondary N) is 1. The van der Waals surface area contributed by atoms with Crippen molar-refractivity contribution in [3.8, 4) is 0 Å². The van der Waals surface area contributed by atoms with Crippen LogP contribution in [0.5, 0.6) is 0 Å². The summed E-state index contributed by atoms with van der Waals surface area (Å²) in [5.74, 6) is -0.445. The van der Waals surface area contributed by atoms with Crippen LogP contribution in [-0.2, 0) is 7.05 Å². The van der Waals surface area contributed by atoms with E-state index in [1.165, 1.54) is 35.3 Å². The first-order valence-corrected chi connectivity index (χ1v) is 5.64. The lowest BCUT2D eigenvalue weighted by Gasteiger charge is -2.00. The van der Waals surface area contributed by atoms with Crippen LogP contribution in [0.2, 0.25) is 0 Å². The Morgan fingerprint density at radius 2 is 2.20 bits per heavy atom. The van der Waals surface area contributed by atoms with Gasteiger partial charge >= 0.3 is 0 Å². The number of aryl methyl sites for hydroxylation is 1. The molecule has 0 spiro atoms. The molecule has 8 nitrogen and oxygen atoms in total. The highest BCUT2D eigenvalue weighted by Gasteiger charge is 2.11. The molecular formula is C12H11N5O3. The SMILES string of the molecule is Cn1nccc1C(=O)NN=Cc1ccccc1[N+](=O)[O-]. The summed E-state index contributed by atoms with van der Waals surface area (Å²) in [5, 5.41) is 18.4. The van der Waals surface area contributed by atoms with Crippen molar-refractivity contribution >= 4 is 17.8 Å². The van der Waals surface area contributed by atoms with Gasteiger partial charge in [0.15, 0.2) is 0 Å². The van der Waals surface area contributed by atoms with Crippen LogP contribution in [0, 0.1) is 10.1 Å². The number of rotatable bonds is 4. The Hall–Kier alpha value is -3.03. The zero-order valence-electron chi connectivity index (χ0n) is 10.6. The summed E-state index contributed by atoms with van der Waals surface area (Å²) < 4.78 is 1.40. The lowest BCUT2D eigenvalue weighted by molar-refractivity contribution is -0.385. The molecule has 1 N–H and O–H groups in total. The molecular weight excluding hydrogens is 262 g/mol. The van der Waals surface area contributed by atoms with Crippen LogP contribution in [0.1, 0.15) is 16.1 Å². The minimum absolute atomic E-state index is 0.0777. The zero-order chi connectivity index (χ0) is 14.5. The van der Waals surface area contributed by atoms with Gasteiger partial charge in [-0.15, -0.1) is 0 Å². The predicted molar refractivity (Wildman–Crippen MR) is 71.4 cm³/mol. The van der Waals surface area contributed by atoms with E-state index in [9.17, 15) is 14.9 Å². The van der Waals surface area contributed by atoms with Crippen LogP contribution in [0.3, 0.4) is 0 Å². The molecule has 0 aliphatic carbocycles. The highest BCUT2D eigenvalue weighted by Crippen LogP contribution is 2.14. The average Bonchev–Trinajstić information content (AvgIpc) is 2.85. The number of para-hydroxylation sites is 1. The number of hydrogen-bond acceptors (Lipinski definition) is 5. The molecule has 0 saturated heterocycles. The Bertz CT molecular complexity index is 677. The topological polar surface area (TPSA) is 102 Å². The van der Waals surface area contributed by atoms with Gasteiger partial charge in [0.25, 0.3) is 11.6 Å². The fraction of sp³-hybridized carbons (Fsp3) is 0.0833. The summed E-state index contributed by atoms with van der Waals surface area (Å²) in [4.78, 5) is 22.0. The Balaban J connectivity index is 2.10. The number of hydrogen-bond donors (Lipinski definition) is 1. The third-order valence-corrected chi connectivity index (χ3v) is 2.56. The van der Waals surface area contributed by atoms with Gasteiger partial charge in [0.2, 0.25) is 0 Å². The van der Waals surface area contributed by atoms with Crippen molar-refractivity contribution in [1.82, 2.24) is 15.2 Å². The molecule has 8 heteroatoms. The van der Waals surface area contributed by atoms with E-state index < -0.39 is 10.8 Å². The Morgan fingerprint density at radius 3 is 2.85 bits per heavy atom. The third-order valence-electron chi connectivity index (χ3n) is 2.56. The Morgan fingerprint density at radius 1 is 1.45 bits per heavy atom. The molecule has 0 fully saturated rings. The monoisotopic (exact) mass is 273 g/mol. The van der Waals surface area contributed by atoms with Crippen molar-refractivity contribution in [1.29, 1.82) is 0 Å². The van der Waals surface area contributed by atoms with Crippen LogP contribution < -0.4 is 5.43 Å². The molecule has 2 aromatic rings. The second-order valence-electron chi connectivity index (χ2n) is 3.86. The van der Waals surface area contributed by atoms with E-state index in [2.05, 4.69) is 15.6 Å². The number of nitro benzene ring substituents is 1. The maximum absolute atomic E-state index is 11.7. The number of carbonyl (C=O) groups excluding carboxylic acids is 1. The minimum atomic E-state index is -0.510. The summed E-state index contributed by atoms with van der Waals surface area (Å²) in [6.45, 7) is 0. The summed E-state index contributed by atoms with van der Waals surface area (Å²) in [6, 6.07) is 7.65. The van der Waals surface area contributed by atoms with Crippen molar-refractivity contribution in [2.75, 3.05) is 0 Å². The summed E-state index contributed by atoms with van der Waals surface area (Å²) in [7, 11) is 1.63. The first-order chi connectivity index (χ1) is 9.59. The summed E-state index contributed by atoms with van der Waals surface area (Å²) >= 11 is 0. The highest BCUT2D eigenvalue weighted by molar-refractivity contribution is 5.93. The molecule has 1 aromatic heterocycles. The second kappa shape index (κ2) is 5.74. The molecule has 0 aliphatic heterocycles. The summed E-state index contributed by atoms with van der Waals surface area (Å²) in [5.41, 5.74) is 2.86. The van der Waals surface area contributed by atoms with E-state index >= 15 is 0 Å². The number of aromatic nitrogens is 2. The Kier molecular flexibility index (Phi) is 3.85. The number of carbonyl (C=O) groups is 1. The molecule has 0 aliphatic rings. The molecule has 1 aromatic carbocycles. The van der Waals surface area contributed by atoms with Crippen molar-refractivity contribution in [2.24, 2.45) is 12.1 Å². The number of benzene rings is 1. The van der Waals surface area contributed by atoms with Gasteiger partial charge in [-0.2, -0.15) is 10.2 Å². The van der Waals surface area contributed by atoms with Gasteiger partial charge in [0.1, 0.15) is 5.69 Å². The number of hydrazone groups is 1. The van der Waals surface area contributed by atoms with Crippen LogP contribution in [0.4, 0.5) is 5.69 Å². The van der Waals surface area contributed by atoms with Crippen molar-refractivity contribution in [2.45, 2.75) is 0 Å². The predicted octanol–water partition coefficient (Wildman–Crippen LogP) is 1.09. The van der Waals surface area contributed by atoms with E-state index in [1.807, 2.05) is 0 Å². The van der Waals surface area contributed by atoms with Gasteiger partial charge in [0.05, 0.1) is 16.7 Å². The smallest absolute Gasteiger partial charge is 0.266 e.